The summed E-state index contributed by atoms with van der Waals surface area (Å²) in [5, 5.41) is 4.40. The van der Waals surface area contributed by atoms with E-state index in [1.54, 1.807) is 42.8 Å². The molecule has 154 valence electrons. The number of nitrogens with one attached hydrogen (secondary N) is 1. The maximum Gasteiger partial charge on any atom is 0.265 e. The highest BCUT2D eigenvalue weighted by Crippen LogP contribution is 2.25. The van der Waals surface area contributed by atoms with Gasteiger partial charge in [0.15, 0.2) is 0 Å². The average Bonchev–Trinajstić information content (AvgIpc) is 3.22. The highest BCUT2D eigenvalue weighted by Gasteiger charge is 2.25. The summed E-state index contributed by atoms with van der Waals surface area (Å²) < 4.78 is 41.5. The van der Waals surface area contributed by atoms with Gasteiger partial charge in [-0.25, -0.2) is 8.42 Å². The molecule has 1 aromatic heterocycles. The van der Waals surface area contributed by atoms with E-state index in [2.05, 4.69) is 23.7 Å². The molecule has 2 aromatic rings. The molecule has 1 aromatic carbocycles. The molecular weight excluding hydrogens is 378 g/mol. The van der Waals surface area contributed by atoms with E-state index in [4.69, 9.17) is 9.47 Å². The lowest BCUT2D eigenvalue weighted by atomic mass is 10.2. The van der Waals surface area contributed by atoms with Crippen LogP contribution in [0.3, 0.4) is 0 Å². The number of nitrogens with zero attached hydrogens (tertiary/aromatic N) is 2. The smallest absolute Gasteiger partial charge is 0.265 e. The Morgan fingerprint density at radius 1 is 1.29 bits per heavy atom. The van der Waals surface area contributed by atoms with Gasteiger partial charge < -0.3 is 9.47 Å². The molecule has 28 heavy (non-hydrogen) atoms. The first-order chi connectivity index (χ1) is 13.3. The van der Waals surface area contributed by atoms with Gasteiger partial charge in [0.1, 0.15) is 17.3 Å². The summed E-state index contributed by atoms with van der Waals surface area (Å²) in [6, 6.07) is 6.92. The van der Waals surface area contributed by atoms with E-state index in [0.717, 1.165) is 19.4 Å². The lowest BCUT2D eigenvalue weighted by Crippen LogP contribution is -2.16. The van der Waals surface area contributed by atoms with Gasteiger partial charge in [-0.2, -0.15) is 5.10 Å². The first kappa shape index (κ1) is 20.7. The normalized spacial score (nSPS) is 17.2. The lowest BCUT2D eigenvalue weighted by molar-refractivity contribution is 0.0679. The van der Waals surface area contributed by atoms with Crippen molar-refractivity contribution in [2.24, 2.45) is 5.92 Å². The molecule has 8 heteroatoms. The first-order valence-electron chi connectivity index (χ1n) is 9.67. The molecule has 1 saturated heterocycles. The maximum atomic E-state index is 12.9. The van der Waals surface area contributed by atoms with Crippen LogP contribution >= 0.6 is 0 Å². The Morgan fingerprint density at radius 2 is 2.00 bits per heavy atom. The standard InChI is InChI=1S/C20H29N3O4S/c1-14(2)12-23-16(4)20(15(3)21-23)28(24,25)22-17-7-9-18(10-8-17)27-13-19-6-5-11-26-19/h7-10,14,19,22H,5-6,11-13H2,1-4H3. The minimum Gasteiger partial charge on any atom is -0.491 e. The van der Waals surface area contributed by atoms with Crippen LogP contribution in [0, 0.1) is 19.8 Å². The molecule has 0 aliphatic carbocycles. The number of hydrogen-bond donors (Lipinski definition) is 1. The Bertz CT molecular complexity index is 898. The van der Waals surface area contributed by atoms with Crippen molar-refractivity contribution < 1.29 is 17.9 Å². The number of ether oxygens (including phenoxy) is 2. The van der Waals surface area contributed by atoms with Gasteiger partial charge in [0.2, 0.25) is 0 Å². The van der Waals surface area contributed by atoms with Gasteiger partial charge in [0, 0.05) is 18.8 Å². The number of benzene rings is 1. The number of anilines is 1. The van der Waals surface area contributed by atoms with Crippen LogP contribution in [0.15, 0.2) is 29.2 Å². The number of aromatic nitrogens is 2. The maximum absolute atomic E-state index is 12.9. The molecule has 2 heterocycles. The van der Waals surface area contributed by atoms with Crippen molar-refractivity contribution in [3.63, 3.8) is 0 Å². The Balaban J connectivity index is 1.69. The third kappa shape index (κ3) is 4.86. The average molecular weight is 408 g/mol. The topological polar surface area (TPSA) is 82.5 Å². The van der Waals surface area contributed by atoms with E-state index in [-0.39, 0.29) is 11.0 Å². The second kappa shape index (κ2) is 8.53. The van der Waals surface area contributed by atoms with E-state index in [9.17, 15) is 8.42 Å². The van der Waals surface area contributed by atoms with Crippen molar-refractivity contribution in [3.8, 4) is 5.75 Å². The molecule has 0 bridgehead atoms. The van der Waals surface area contributed by atoms with Crippen molar-refractivity contribution in [1.29, 1.82) is 0 Å². The summed E-state index contributed by atoms with van der Waals surface area (Å²) >= 11 is 0. The van der Waals surface area contributed by atoms with E-state index < -0.39 is 10.0 Å². The van der Waals surface area contributed by atoms with Gasteiger partial charge >= 0.3 is 0 Å². The second-order valence-corrected chi connectivity index (χ2v) is 9.27. The Hall–Kier alpha value is -2.06. The largest absolute Gasteiger partial charge is 0.491 e. The molecule has 1 atom stereocenters. The Labute approximate surface area is 167 Å². The Morgan fingerprint density at radius 3 is 2.61 bits per heavy atom. The summed E-state index contributed by atoms with van der Waals surface area (Å²) in [5.74, 6) is 1.07. The van der Waals surface area contributed by atoms with E-state index in [1.165, 1.54) is 0 Å². The van der Waals surface area contributed by atoms with Crippen LogP contribution in [0.2, 0.25) is 0 Å². The zero-order valence-electron chi connectivity index (χ0n) is 16.9. The van der Waals surface area contributed by atoms with Gasteiger partial charge in [0.25, 0.3) is 10.0 Å². The fraction of sp³-hybridized carbons (Fsp3) is 0.550. The minimum absolute atomic E-state index is 0.145. The molecule has 0 radical (unpaired) electrons. The molecule has 0 amide bonds. The number of rotatable bonds is 8. The molecule has 1 aliphatic heterocycles. The highest BCUT2D eigenvalue weighted by atomic mass is 32.2. The Kier molecular flexibility index (Phi) is 6.30. The van der Waals surface area contributed by atoms with Crippen molar-refractivity contribution in [2.75, 3.05) is 17.9 Å². The SMILES string of the molecule is Cc1nn(CC(C)C)c(C)c1S(=O)(=O)Nc1ccc(OCC2CCCO2)cc1. The predicted molar refractivity (Wildman–Crippen MR) is 108 cm³/mol. The zero-order chi connectivity index (χ0) is 20.3. The van der Waals surface area contributed by atoms with Crippen LogP contribution in [-0.4, -0.2) is 37.5 Å². The number of sulfonamides is 1. The molecule has 1 fully saturated rings. The summed E-state index contributed by atoms with van der Waals surface area (Å²) in [7, 11) is -3.72. The van der Waals surface area contributed by atoms with E-state index in [1.807, 2.05) is 0 Å². The van der Waals surface area contributed by atoms with Gasteiger partial charge in [-0.05, 0) is 56.9 Å². The van der Waals surface area contributed by atoms with Crippen molar-refractivity contribution in [2.45, 2.75) is 58.1 Å². The first-order valence-corrected chi connectivity index (χ1v) is 11.2. The summed E-state index contributed by atoms with van der Waals surface area (Å²) in [5.41, 5.74) is 1.64. The van der Waals surface area contributed by atoms with Crippen LogP contribution in [-0.2, 0) is 21.3 Å². The molecular formula is C20H29N3O4S. The van der Waals surface area contributed by atoms with Gasteiger partial charge in [-0.1, -0.05) is 13.8 Å². The van der Waals surface area contributed by atoms with Crippen LogP contribution in [0.5, 0.6) is 5.75 Å². The van der Waals surface area contributed by atoms with E-state index >= 15 is 0 Å². The zero-order valence-corrected chi connectivity index (χ0v) is 17.8. The van der Waals surface area contributed by atoms with Crippen LogP contribution in [0.1, 0.15) is 38.1 Å². The minimum atomic E-state index is -3.72. The monoisotopic (exact) mass is 407 g/mol. The summed E-state index contributed by atoms with van der Waals surface area (Å²) in [6.45, 7) is 9.65. The van der Waals surface area contributed by atoms with Gasteiger partial charge in [-0.15, -0.1) is 0 Å². The third-order valence-electron chi connectivity index (χ3n) is 4.69. The lowest BCUT2D eigenvalue weighted by Gasteiger charge is -2.13. The highest BCUT2D eigenvalue weighted by molar-refractivity contribution is 7.92. The van der Waals surface area contributed by atoms with Crippen molar-refractivity contribution in [3.05, 3.63) is 35.7 Å². The fourth-order valence-corrected chi connectivity index (χ4v) is 4.86. The molecule has 1 aliphatic rings. The third-order valence-corrected chi connectivity index (χ3v) is 6.32. The molecule has 0 saturated carbocycles. The number of hydrogen-bond acceptors (Lipinski definition) is 5. The quantitative estimate of drug-likeness (QED) is 0.724. The fourth-order valence-electron chi connectivity index (χ4n) is 3.38. The van der Waals surface area contributed by atoms with Gasteiger partial charge in [0.05, 0.1) is 17.5 Å². The van der Waals surface area contributed by atoms with Gasteiger partial charge in [-0.3, -0.25) is 9.40 Å². The molecule has 0 spiro atoms. The number of aryl methyl sites for hydroxylation is 1. The molecule has 1 unspecified atom stereocenters. The van der Waals surface area contributed by atoms with E-state index in [0.29, 0.717) is 41.9 Å². The van der Waals surface area contributed by atoms with Crippen molar-refractivity contribution >= 4 is 15.7 Å². The van der Waals surface area contributed by atoms with Crippen molar-refractivity contribution in [1.82, 2.24) is 9.78 Å². The van der Waals surface area contributed by atoms with Crippen LogP contribution in [0.25, 0.3) is 0 Å². The summed E-state index contributed by atoms with van der Waals surface area (Å²) in [6.07, 6.45) is 2.23. The van der Waals surface area contributed by atoms with Crippen LogP contribution < -0.4 is 9.46 Å². The molecule has 3 rings (SSSR count). The van der Waals surface area contributed by atoms with Crippen LogP contribution in [0.4, 0.5) is 5.69 Å². The molecule has 1 N–H and O–H groups in total. The second-order valence-electron chi connectivity index (χ2n) is 7.65. The molecule has 7 nitrogen and oxygen atoms in total. The predicted octanol–water partition coefficient (Wildman–Crippen LogP) is 3.51. The summed E-state index contributed by atoms with van der Waals surface area (Å²) in [4.78, 5) is 0.242.